The third-order valence-electron chi connectivity index (χ3n) is 3.33. The third-order valence-corrected chi connectivity index (χ3v) is 4.27. The van der Waals surface area contributed by atoms with Crippen LogP contribution in [0.4, 0.5) is 5.69 Å². The van der Waals surface area contributed by atoms with Crippen molar-refractivity contribution in [2.75, 3.05) is 17.7 Å². The second kappa shape index (κ2) is 5.47. The van der Waals surface area contributed by atoms with Gasteiger partial charge in [-0.15, -0.1) is 0 Å². The summed E-state index contributed by atoms with van der Waals surface area (Å²) in [5.74, 6) is -1.12. The molecule has 0 aromatic heterocycles. The van der Waals surface area contributed by atoms with E-state index in [9.17, 15) is 13.2 Å². The molecule has 8 heteroatoms. The molecular weight excluding hydrogens is 291 g/mol. The summed E-state index contributed by atoms with van der Waals surface area (Å²) < 4.78 is 31.3. The fourth-order valence-corrected chi connectivity index (χ4v) is 3.45. The summed E-state index contributed by atoms with van der Waals surface area (Å²) in [5, 5.41) is 8.89. The maximum absolute atomic E-state index is 12.2. The number of amides is 1. The molecule has 6 nitrogen and oxygen atoms in total. The van der Waals surface area contributed by atoms with E-state index in [0.29, 0.717) is 16.8 Å². The molecule has 102 valence electrons. The normalized spacial score (nSPS) is 21.1. The van der Waals surface area contributed by atoms with E-state index in [4.69, 9.17) is 9.81 Å². The van der Waals surface area contributed by atoms with Crippen molar-refractivity contribution in [3.05, 3.63) is 29.3 Å². The second-order valence-electron chi connectivity index (χ2n) is 4.77. The Morgan fingerprint density at radius 2 is 2.10 bits per heavy atom. The van der Waals surface area contributed by atoms with E-state index in [1.165, 1.54) is 24.9 Å². The average Bonchev–Trinajstić information content (AvgIpc) is 2.49. The monoisotopic (exact) mass is 304 g/mol. The molecule has 1 aromatic carbocycles. The first-order valence-corrected chi connectivity index (χ1v) is 7.08. The fourth-order valence-electron chi connectivity index (χ4n) is 2.44. The number of hydrogen-bond donors (Lipinski definition) is 1. The van der Waals surface area contributed by atoms with Crippen molar-refractivity contribution < 1.29 is 48.7 Å². The molecule has 20 heavy (non-hydrogen) atoms. The van der Waals surface area contributed by atoms with E-state index in [2.05, 4.69) is 0 Å². The van der Waals surface area contributed by atoms with Crippen molar-refractivity contribution in [2.24, 2.45) is 0 Å². The molecular formula is C12H13N2NaO4S. The minimum atomic E-state index is -4.32. The molecule has 1 amide bonds. The standard InChI is InChI=1S/C12H12N2O4S.Na.H/c1-12(7-19(16,17)18)9-5-8(6-13)3-4-10(9)14(2)11(12)15;;/h3-5H,7H2,1-2H3,(H,16,17,18);;/q;+1;-1. The molecule has 1 unspecified atom stereocenters. The van der Waals surface area contributed by atoms with Crippen LogP contribution in [0.5, 0.6) is 0 Å². The molecule has 1 atom stereocenters. The molecule has 2 rings (SSSR count). The van der Waals surface area contributed by atoms with Crippen LogP contribution in [0.25, 0.3) is 0 Å². The van der Waals surface area contributed by atoms with Gasteiger partial charge in [-0.2, -0.15) is 13.7 Å². The van der Waals surface area contributed by atoms with Crippen LogP contribution in [0.1, 0.15) is 19.5 Å². The van der Waals surface area contributed by atoms with Gasteiger partial charge >= 0.3 is 29.6 Å². The molecule has 1 N–H and O–H groups in total. The molecule has 0 spiro atoms. The summed E-state index contributed by atoms with van der Waals surface area (Å²) in [6.45, 7) is 1.45. The fraction of sp³-hybridized carbons (Fsp3) is 0.333. The van der Waals surface area contributed by atoms with Crippen LogP contribution in [0, 0.1) is 11.3 Å². The van der Waals surface area contributed by atoms with Crippen molar-refractivity contribution in [2.45, 2.75) is 12.3 Å². The van der Waals surface area contributed by atoms with Gasteiger partial charge in [-0.05, 0) is 30.7 Å². The number of benzene rings is 1. The zero-order valence-electron chi connectivity index (χ0n) is 12.4. The zero-order chi connectivity index (χ0) is 14.4. The Kier molecular flexibility index (Phi) is 4.69. The molecule has 1 aliphatic rings. The Morgan fingerprint density at radius 3 is 2.60 bits per heavy atom. The van der Waals surface area contributed by atoms with Crippen LogP contribution >= 0.6 is 0 Å². The van der Waals surface area contributed by atoms with Gasteiger partial charge in [0.25, 0.3) is 10.1 Å². The summed E-state index contributed by atoms with van der Waals surface area (Å²) in [5.41, 5.74) is -0.0416. The molecule has 0 radical (unpaired) electrons. The first-order chi connectivity index (χ1) is 8.69. The smallest absolute Gasteiger partial charge is 1.00 e. The predicted molar refractivity (Wildman–Crippen MR) is 69.4 cm³/mol. The Hall–Kier alpha value is -0.910. The van der Waals surface area contributed by atoms with Gasteiger partial charge in [0, 0.05) is 12.7 Å². The van der Waals surface area contributed by atoms with Gasteiger partial charge in [0.05, 0.1) is 22.8 Å². The van der Waals surface area contributed by atoms with Crippen LogP contribution in [0.15, 0.2) is 18.2 Å². The van der Waals surface area contributed by atoms with E-state index in [1.54, 1.807) is 12.1 Å². The Balaban J connectivity index is 0.00000200. The Morgan fingerprint density at radius 1 is 1.50 bits per heavy atom. The summed E-state index contributed by atoms with van der Waals surface area (Å²) in [6, 6.07) is 6.59. The molecule has 1 aromatic rings. The van der Waals surface area contributed by atoms with Crippen LogP contribution in [-0.4, -0.2) is 31.7 Å². The van der Waals surface area contributed by atoms with E-state index in [-0.39, 0.29) is 31.0 Å². The number of rotatable bonds is 2. The Bertz CT molecular complexity index is 716. The largest absolute Gasteiger partial charge is 1.00 e. The number of anilines is 1. The van der Waals surface area contributed by atoms with Crippen LogP contribution in [0.3, 0.4) is 0 Å². The number of carbonyl (C=O) groups is 1. The van der Waals surface area contributed by atoms with E-state index >= 15 is 0 Å². The molecule has 0 saturated carbocycles. The van der Waals surface area contributed by atoms with Crippen molar-refractivity contribution in [1.82, 2.24) is 0 Å². The molecule has 0 saturated heterocycles. The number of nitrogens with zero attached hydrogens (tertiary/aromatic N) is 2. The summed E-state index contributed by atoms with van der Waals surface area (Å²) in [4.78, 5) is 13.6. The maximum atomic E-state index is 12.2. The second-order valence-corrected chi connectivity index (χ2v) is 6.22. The number of nitriles is 1. The summed E-state index contributed by atoms with van der Waals surface area (Å²) >= 11 is 0. The van der Waals surface area contributed by atoms with Gasteiger partial charge in [0.1, 0.15) is 0 Å². The number of likely N-dealkylation sites (N-methyl/N-ethyl adjacent to an activating group) is 1. The van der Waals surface area contributed by atoms with E-state index < -0.39 is 27.2 Å². The number of carbonyl (C=O) groups excluding carboxylic acids is 1. The van der Waals surface area contributed by atoms with Gasteiger partial charge < -0.3 is 6.33 Å². The Labute approximate surface area is 140 Å². The molecule has 1 heterocycles. The first-order valence-electron chi connectivity index (χ1n) is 5.47. The number of fused-ring (bicyclic) bond motifs is 1. The topological polar surface area (TPSA) is 98.5 Å². The third kappa shape index (κ3) is 2.75. The minimum Gasteiger partial charge on any atom is -1.00 e. The SMILES string of the molecule is CN1C(=O)C(C)(CS(=O)(=O)O)c2cc(C#N)ccc21.[H-].[Na+]. The predicted octanol–water partition coefficient (Wildman–Crippen LogP) is -2.20. The zero-order valence-corrected chi connectivity index (χ0v) is 14.2. The number of hydrogen-bond acceptors (Lipinski definition) is 4. The maximum Gasteiger partial charge on any atom is 1.00 e. The van der Waals surface area contributed by atoms with Gasteiger partial charge in [-0.1, -0.05) is 0 Å². The van der Waals surface area contributed by atoms with E-state index in [0.717, 1.165) is 0 Å². The van der Waals surface area contributed by atoms with Gasteiger partial charge in [0.2, 0.25) is 5.91 Å². The van der Waals surface area contributed by atoms with Crippen LogP contribution < -0.4 is 34.5 Å². The van der Waals surface area contributed by atoms with E-state index in [1.807, 2.05) is 6.07 Å². The van der Waals surface area contributed by atoms with Crippen molar-refractivity contribution in [3.63, 3.8) is 0 Å². The van der Waals surface area contributed by atoms with Crippen LogP contribution in [0.2, 0.25) is 0 Å². The van der Waals surface area contributed by atoms with Gasteiger partial charge in [-0.25, -0.2) is 0 Å². The van der Waals surface area contributed by atoms with Gasteiger partial charge in [-0.3, -0.25) is 9.35 Å². The molecule has 1 aliphatic heterocycles. The molecule has 0 aliphatic carbocycles. The summed E-state index contributed by atoms with van der Waals surface area (Å²) in [6.07, 6.45) is 0. The molecule has 0 fully saturated rings. The van der Waals surface area contributed by atoms with Crippen molar-refractivity contribution in [1.29, 1.82) is 5.26 Å². The average molecular weight is 304 g/mol. The van der Waals surface area contributed by atoms with Crippen LogP contribution in [-0.2, 0) is 20.3 Å². The summed E-state index contributed by atoms with van der Waals surface area (Å²) in [7, 11) is -2.78. The quantitative estimate of drug-likeness (QED) is 0.494. The van der Waals surface area contributed by atoms with Crippen molar-refractivity contribution in [3.8, 4) is 6.07 Å². The first kappa shape index (κ1) is 17.1. The van der Waals surface area contributed by atoms with Crippen molar-refractivity contribution >= 4 is 21.7 Å². The molecule has 0 bridgehead atoms. The van der Waals surface area contributed by atoms with Gasteiger partial charge in [0.15, 0.2) is 0 Å². The minimum absolute atomic E-state index is 0.